The smallest absolute Gasteiger partial charge is 0.00173 e. The van der Waals surface area contributed by atoms with Crippen molar-refractivity contribution in [3.8, 4) is 0 Å². The average Bonchev–Trinajstić information content (AvgIpc) is 2.35. The van der Waals surface area contributed by atoms with Gasteiger partial charge in [-0.15, -0.1) is 12.4 Å². The minimum atomic E-state index is 0. The molecule has 0 radical (unpaired) electrons. The van der Waals surface area contributed by atoms with Gasteiger partial charge in [-0.2, -0.15) is 0 Å². The molecule has 12 heavy (non-hydrogen) atoms. The molecule has 1 aliphatic heterocycles. The van der Waals surface area contributed by atoms with Crippen molar-refractivity contribution in [2.75, 3.05) is 13.1 Å². The second-order valence-electron chi connectivity index (χ2n) is 4.17. The molecule has 0 bridgehead atoms. The summed E-state index contributed by atoms with van der Waals surface area (Å²) in [6.07, 6.45) is 8.95. The molecule has 1 saturated heterocycles. The Morgan fingerprint density at radius 3 is 1.75 bits per heavy atom. The third kappa shape index (κ3) is 2.37. The van der Waals surface area contributed by atoms with Crippen LogP contribution in [-0.2, 0) is 0 Å². The zero-order valence-corrected chi connectivity index (χ0v) is 8.54. The highest BCUT2D eigenvalue weighted by Crippen LogP contribution is 2.29. The monoisotopic (exact) mass is 189 g/mol. The molecule has 1 N–H and O–H groups in total. The number of hydrogen-bond acceptors (Lipinski definition) is 1. The second-order valence-corrected chi connectivity index (χ2v) is 4.17. The van der Waals surface area contributed by atoms with Gasteiger partial charge in [0.1, 0.15) is 0 Å². The Morgan fingerprint density at radius 2 is 1.25 bits per heavy atom. The van der Waals surface area contributed by atoms with Gasteiger partial charge < -0.3 is 5.32 Å². The minimum absolute atomic E-state index is 0. The molecule has 2 heteroatoms. The summed E-state index contributed by atoms with van der Waals surface area (Å²) >= 11 is 0. The van der Waals surface area contributed by atoms with E-state index in [0.29, 0.717) is 0 Å². The first-order valence-electron chi connectivity index (χ1n) is 5.17. The Bertz CT molecular complexity index is 113. The summed E-state index contributed by atoms with van der Waals surface area (Å²) in [7, 11) is 0. The third-order valence-electron chi connectivity index (χ3n) is 3.38. The van der Waals surface area contributed by atoms with Crippen molar-refractivity contribution in [1.29, 1.82) is 0 Å². The van der Waals surface area contributed by atoms with E-state index in [1.54, 1.807) is 0 Å². The van der Waals surface area contributed by atoms with Crippen molar-refractivity contribution >= 4 is 12.4 Å². The fourth-order valence-electron chi connectivity index (χ4n) is 2.63. The van der Waals surface area contributed by atoms with Crippen molar-refractivity contribution < 1.29 is 0 Å². The lowest BCUT2D eigenvalue weighted by atomic mass is 9.84. The van der Waals surface area contributed by atoms with E-state index in [0.717, 1.165) is 11.8 Å². The van der Waals surface area contributed by atoms with Gasteiger partial charge in [0, 0.05) is 0 Å². The molecule has 0 aromatic rings. The summed E-state index contributed by atoms with van der Waals surface area (Å²) in [5.74, 6) is 2.07. The fourth-order valence-corrected chi connectivity index (χ4v) is 2.63. The van der Waals surface area contributed by atoms with Gasteiger partial charge in [0.2, 0.25) is 0 Å². The molecule has 2 rings (SSSR count). The van der Waals surface area contributed by atoms with E-state index >= 15 is 0 Å². The first-order valence-corrected chi connectivity index (χ1v) is 5.17. The van der Waals surface area contributed by atoms with Gasteiger partial charge in [0.05, 0.1) is 0 Å². The standard InChI is InChI=1S/C10H19N.ClH/c1-2-4-6-10-8-11-7-9(10)5-3-1;/h9-11H,1-8H2;1H. The molecule has 0 amide bonds. The van der Waals surface area contributed by atoms with Gasteiger partial charge in [0.15, 0.2) is 0 Å². The van der Waals surface area contributed by atoms with E-state index in [1.807, 2.05) is 0 Å². The minimum Gasteiger partial charge on any atom is -0.316 e. The van der Waals surface area contributed by atoms with Gasteiger partial charge in [0.25, 0.3) is 0 Å². The van der Waals surface area contributed by atoms with E-state index in [9.17, 15) is 0 Å². The SMILES string of the molecule is C1CCCC2CNCC2CC1.Cl. The largest absolute Gasteiger partial charge is 0.316 e. The molecule has 1 saturated carbocycles. The first kappa shape index (κ1) is 10.3. The van der Waals surface area contributed by atoms with Gasteiger partial charge in [-0.3, -0.25) is 0 Å². The summed E-state index contributed by atoms with van der Waals surface area (Å²) in [6, 6.07) is 0. The van der Waals surface area contributed by atoms with Crippen molar-refractivity contribution in [3.05, 3.63) is 0 Å². The lowest BCUT2D eigenvalue weighted by molar-refractivity contribution is 0.324. The topological polar surface area (TPSA) is 12.0 Å². The van der Waals surface area contributed by atoms with Gasteiger partial charge in [-0.1, -0.05) is 25.7 Å². The van der Waals surface area contributed by atoms with Crippen LogP contribution in [0.2, 0.25) is 0 Å². The quantitative estimate of drug-likeness (QED) is 0.618. The van der Waals surface area contributed by atoms with E-state index in [2.05, 4.69) is 5.32 Å². The van der Waals surface area contributed by atoms with Crippen LogP contribution in [0.5, 0.6) is 0 Å². The average molecular weight is 190 g/mol. The van der Waals surface area contributed by atoms with E-state index in [4.69, 9.17) is 0 Å². The zero-order valence-electron chi connectivity index (χ0n) is 7.72. The van der Waals surface area contributed by atoms with E-state index < -0.39 is 0 Å². The Morgan fingerprint density at radius 1 is 0.750 bits per heavy atom. The van der Waals surface area contributed by atoms with Crippen LogP contribution in [0.3, 0.4) is 0 Å². The Hall–Kier alpha value is 0.250. The fraction of sp³-hybridized carbons (Fsp3) is 1.00. The highest BCUT2D eigenvalue weighted by molar-refractivity contribution is 5.85. The van der Waals surface area contributed by atoms with Crippen molar-refractivity contribution in [2.24, 2.45) is 11.8 Å². The summed E-state index contributed by atoms with van der Waals surface area (Å²) in [5.41, 5.74) is 0. The van der Waals surface area contributed by atoms with Gasteiger partial charge in [-0.25, -0.2) is 0 Å². The molecule has 2 atom stereocenters. The van der Waals surface area contributed by atoms with E-state index in [1.165, 1.54) is 51.6 Å². The van der Waals surface area contributed by atoms with Crippen LogP contribution >= 0.6 is 12.4 Å². The van der Waals surface area contributed by atoms with Crippen LogP contribution in [0.25, 0.3) is 0 Å². The lowest BCUT2D eigenvalue weighted by Crippen LogP contribution is -2.14. The normalized spacial score (nSPS) is 36.0. The second kappa shape index (κ2) is 5.08. The maximum Gasteiger partial charge on any atom is -0.00173 e. The van der Waals surface area contributed by atoms with Gasteiger partial charge >= 0.3 is 0 Å². The molecule has 2 unspecified atom stereocenters. The van der Waals surface area contributed by atoms with Crippen LogP contribution in [0.1, 0.15) is 38.5 Å². The number of rotatable bonds is 0. The molecule has 1 aliphatic carbocycles. The van der Waals surface area contributed by atoms with Crippen LogP contribution in [-0.4, -0.2) is 13.1 Å². The molecule has 2 fully saturated rings. The maximum absolute atomic E-state index is 3.52. The molecular formula is C10H20ClN. The summed E-state index contributed by atoms with van der Waals surface area (Å²) < 4.78 is 0. The predicted molar refractivity (Wildman–Crippen MR) is 54.8 cm³/mol. The number of nitrogens with one attached hydrogen (secondary N) is 1. The van der Waals surface area contributed by atoms with Crippen molar-refractivity contribution in [1.82, 2.24) is 5.32 Å². The van der Waals surface area contributed by atoms with E-state index in [-0.39, 0.29) is 12.4 Å². The summed E-state index contributed by atoms with van der Waals surface area (Å²) in [5, 5.41) is 3.52. The summed E-state index contributed by atoms with van der Waals surface area (Å²) in [6.45, 7) is 2.62. The molecule has 2 aliphatic rings. The highest BCUT2D eigenvalue weighted by Gasteiger charge is 2.26. The third-order valence-corrected chi connectivity index (χ3v) is 3.38. The summed E-state index contributed by atoms with van der Waals surface area (Å²) in [4.78, 5) is 0. The van der Waals surface area contributed by atoms with Crippen LogP contribution in [0.15, 0.2) is 0 Å². The highest BCUT2D eigenvalue weighted by atomic mass is 35.5. The molecule has 0 aromatic heterocycles. The molecule has 1 nitrogen and oxygen atoms in total. The lowest BCUT2D eigenvalue weighted by Gasteiger charge is -2.20. The predicted octanol–water partition coefficient (Wildman–Crippen LogP) is 2.60. The number of halogens is 1. The molecule has 0 aromatic carbocycles. The Labute approximate surface area is 81.7 Å². The Kier molecular flexibility index (Phi) is 4.38. The van der Waals surface area contributed by atoms with Crippen LogP contribution in [0, 0.1) is 11.8 Å². The zero-order chi connectivity index (χ0) is 7.52. The Balaban J connectivity index is 0.000000720. The molecule has 72 valence electrons. The molecular weight excluding hydrogens is 170 g/mol. The van der Waals surface area contributed by atoms with Gasteiger partial charge in [-0.05, 0) is 37.8 Å². The van der Waals surface area contributed by atoms with Crippen LogP contribution < -0.4 is 5.32 Å². The molecule has 0 spiro atoms. The number of hydrogen-bond donors (Lipinski definition) is 1. The van der Waals surface area contributed by atoms with Crippen LogP contribution in [0.4, 0.5) is 0 Å². The maximum atomic E-state index is 3.52. The first-order chi connectivity index (χ1) is 5.47. The van der Waals surface area contributed by atoms with Crippen molar-refractivity contribution in [2.45, 2.75) is 38.5 Å². The number of fused-ring (bicyclic) bond motifs is 1. The molecule has 1 heterocycles. The van der Waals surface area contributed by atoms with Crippen molar-refractivity contribution in [3.63, 3.8) is 0 Å².